The standard InChI is InChI=1S/C26H24N2O3/c1-13-3-10-21(14(2)11-13)27-24(29)15-4-6-16(7-5-15)28-25(30)22-17-8-9-18(20-12-19(17)20)23(22)26(28)31/h3-11,17-20,22-23H,12H2,1-2H3,(H,27,29)/t17-,18-,19-,20+,22-,23+/m0/s1. The van der Waals surface area contributed by atoms with Gasteiger partial charge in [-0.1, -0.05) is 29.8 Å². The predicted molar refractivity (Wildman–Crippen MR) is 118 cm³/mol. The summed E-state index contributed by atoms with van der Waals surface area (Å²) >= 11 is 0. The summed E-state index contributed by atoms with van der Waals surface area (Å²) in [7, 11) is 0. The monoisotopic (exact) mass is 412 g/mol. The van der Waals surface area contributed by atoms with Crippen molar-refractivity contribution in [1.82, 2.24) is 0 Å². The van der Waals surface area contributed by atoms with Crippen molar-refractivity contribution < 1.29 is 14.4 Å². The highest BCUT2D eigenvalue weighted by molar-refractivity contribution is 6.22. The van der Waals surface area contributed by atoms with Crippen LogP contribution in [0.2, 0.25) is 0 Å². The van der Waals surface area contributed by atoms with E-state index in [9.17, 15) is 14.4 Å². The van der Waals surface area contributed by atoms with Crippen molar-refractivity contribution in [2.45, 2.75) is 20.3 Å². The van der Waals surface area contributed by atoms with Crippen LogP contribution < -0.4 is 10.2 Å². The highest BCUT2D eigenvalue weighted by atomic mass is 16.2. The van der Waals surface area contributed by atoms with Crippen LogP contribution >= 0.6 is 0 Å². The summed E-state index contributed by atoms with van der Waals surface area (Å²) < 4.78 is 0. The maximum Gasteiger partial charge on any atom is 0.255 e. The third kappa shape index (κ3) is 2.65. The lowest BCUT2D eigenvalue weighted by molar-refractivity contribution is -0.124. The third-order valence-electron chi connectivity index (χ3n) is 7.68. The number of nitrogens with one attached hydrogen (secondary N) is 1. The van der Waals surface area contributed by atoms with E-state index in [0.29, 0.717) is 23.1 Å². The summed E-state index contributed by atoms with van der Waals surface area (Å²) in [6.45, 7) is 3.97. The van der Waals surface area contributed by atoms with Gasteiger partial charge in [0, 0.05) is 11.3 Å². The molecule has 4 aliphatic carbocycles. The molecular formula is C26H24N2O3. The van der Waals surface area contributed by atoms with Crippen LogP contribution in [0.15, 0.2) is 54.6 Å². The Balaban J connectivity index is 1.23. The lowest BCUT2D eigenvalue weighted by Crippen LogP contribution is -2.40. The second kappa shape index (κ2) is 6.39. The molecule has 2 bridgehead atoms. The number of aryl methyl sites for hydroxylation is 2. The van der Waals surface area contributed by atoms with Crippen LogP contribution in [0.4, 0.5) is 11.4 Å². The second-order valence-corrected chi connectivity index (χ2v) is 9.49. The molecule has 0 unspecified atom stereocenters. The van der Waals surface area contributed by atoms with E-state index in [-0.39, 0.29) is 41.4 Å². The molecule has 2 saturated carbocycles. The van der Waals surface area contributed by atoms with Crippen molar-refractivity contribution in [3.63, 3.8) is 0 Å². The van der Waals surface area contributed by atoms with Crippen molar-refractivity contribution in [2.24, 2.45) is 35.5 Å². The van der Waals surface area contributed by atoms with Gasteiger partial charge in [0.2, 0.25) is 11.8 Å². The Bertz CT molecular complexity index is 1130. The maximum absolute atomic E-state index is 13.2. The summed E-state index contributed by atoms with van der Waals surface area (Å²) in [5.74, 6) is 0.812. The van der Waals surface area contributed by atoms with Gasteiger partial charge in [-0.3, -0.25) is 19.3 Å². The molecule has 3 fully saturated rings. The van der Waals surface area contributed by atoms with Gasteiger partial charge in [0.05, 0.1) is 17.5 Å². The van der Waals surface area contributed by atoms with E-state index >= 15 is 0 Å². The maximum atomic E-state index is 13.2. The molecule has 0 aromatic heterocycles. The first-order valence-corrected chi connectivity index (χ1v) is 11.0. The smallest absolute Gasteiger partial charge is 0.255 e. The lowest BCUT2D eigenvalue weighted by atomic mass is 9.63. The fourth-order valence-corrected chi connectivity index (χ4v) is 6.12. The Morgan fingerprint density at radius 2 is 1.52 bits per heavy atom. The number of carbonyl (C=O) groups excluding carboxylic acids is 3. The third-order valence-corrected chi connectivity index (χ3v) is 7.68. The van der Waals surface area contributed by atoms with Crippen LogP contribution in [0.3, 0.4) is 0 Å². The summed E-state index contributed by atoms with van der Waals surface area (Å²) in [5.41, 5.74) is 3.96. The van der Waals surface area contributed by atoms with E-state index in [0.717, 1.165) is 23.2 Å². The van der Waals surface area contributed by atoms with Gasteiger partial charge in [-0.05, 0) is 79.8 Å². The van der Waals surface area contributed by atoms with E-state index in [1.54, 1.807) is 24.3 Å². The van der Waals surface area contributed by atoms with Crippen LogP contribution in [0.5, 0.6) is 0 Å². The fourth-order valence-electron chi connectivity index (χ4n) is 6.12. The zero-order valence-electron chi connectivity index (χ0n) is 17.5. The van der Waals surface area contributed by atoms with Crippen LogP contribution in [0, 0.1) is 49.4 Å². The fraction of sp³-hybridized carbons (Fsp3) is 0.346. The summed E-state index contributed by atoms with van der Waals surface area (Å²) in [6, 6.07) is 12.7. The Kier molecular flexibility index (Phi) is 3.83. The molecule has 6 atom stereocenters. The topological polar surface area (TPSA) is 66.5 Å². The van der Waals surface area contributed by atoms with E-state index in [4.69, 9.17) is 0 Å². The average molecular weight is 412 g/mol. The number of anilines is 2. The van der Waals surface area contributed by atoms with E-state index in [1.807, 2.05) is 32.0 Å². The minimum Gasteiger partial charge on any atom is -0.322 e. The number of rotatable bonds is 3. The Labute approximate surface area is 181 Å². The zero-order valence-corrected chi connectivity index (χ0v) is 17.5. The molecule has 1 heterocycles. The van der Waals surface area contributed by atoms with Gasteiger partial charge < -0.3 is 5.32 Å². The number of hydrogen-bond donors (Lipinski definition) is 1. The quantitative estimate of drug-likeness (QED) is 0.609. The molecule has 1 saturated heterocycles. The van der Waals surface area contributed by atoms with Gasteiger partial charge >= 0.3 is 0 Å². The van der Waals surface area contributed by atoms with Gasteiger partial charge in [-0.2, -0.15) is 0 Å². The van der Waals surface area contributed by atoms with Crippen molar-refractivity contribution in [2.75, 3.05) is 10.2 Å². The average Bonchev–Trinajstić information content (AvgIpc) is 3.54. The highest BCUT2D eigenvalue weighted by Crippen LogP contribution is 2.65. The van der Waals surface area contributed by atoms with Crippen molar-refractivity contribution in [3.05, 3.63) is 71.3 Å². The van der Waals surface area contributed by atoms with E-state index in [2.05, 4.69) is 17.5 Å². The summed E-state index contributed by atoms with van der Waals surface area (Å²) in [5, 5.41) is 2.94. The Morgan fingerprint density at radius 1 is 0.903 bits per heavy atom. The normalized spacial score (nSPS) is 32.1. The number of amides is 3. The molecular weight excluding hydrogens is 388 g/mol. The molecule has 5 heteroatoms. The first-order chi connectivity index (χ1) is 14.9. The van der Waals surface area contributed by atoms with Gasteiger partial charge in [-0.15, -0.1) is 0 Å². The summed E-state index contributed by atoms with van der Waals surface area (Å²) in [4.78, 5) is 40.5. The van der Waals surface area contributed by atoms with Gasteiger partial charge in [0.1, 0.15) is 0 Å². The van der Waals surface area contributed by atoms with Crippen LogP contribution in [0.25, 0.3) is 0 Å². The van der Waals surface area contributed by atoms with E-state index < -0.39 is 0 Å². The highest BCUT2D eigenvalue weighted by Gasteiger charge is 2.67. The van der Waals surface area contributed by atoms with Gasteiger partial charge in [0.25, 0.3) is 5.91 Å². The minimum absolute atomic E-state index is 0.0767. The number of allylic oxidation sites excluding steroid dienone is 2. The molecule has 1 N–H and O–H groups in total. The van der Waals surface area contributed by atoms with E-state index in [1.165, 1.54) is 4.90 Å². The molecule has 7 rings (SSSR count). The van der Waals surface area contributed by atoms with Crippen LogP contribution in [-0.2, 0) is 9.59 Å². The lowest BCUT2D eigenvalue weighted by Gasteiger charge is -2.37. The Hall–Kier alpha value is -3.21. The number of hydrogen-bond acceptors (Lipinski definition) is 3. The largest absolute Gasteiger partial charge is 0.322 e. The first kappa shape index (κ1) is 18.6. The molecule has 5 aliphatic rings. The SMILES string of the molecule is Cc1ccc(NC(=O)c2ccc(N3C(=O)[C@@H]4[C@H]5C=C[C@@H]([C@@H]6C[C@H]56)[C@@H]4C3=O)cc2)c(C)c1. The molecule has 0 radical (unpaired) electrons. The van der Waals surface area contributed by atoms with Gasteiger partial charge in [-0.25, -0.2) is 0 Å². The molecule has 2 aromatic rings. The summed E-state index contributed by atoms with van der Waals surface area (Å²) in [6.07, 6.45) is 5.50. The van der Waals surface area contributed by atoms with Crippen LogP contribution in [-0.4, -0.2) is 17.7 Å². The number of carbonyl (C=O) groups is 3. The second-order valence-electron chi connectivity index (χ2n) is 9.49. The van der Waals surface area contributed by atoms with Gasteiger partial charge in [0.15, 0.2) is 0 Å². The molecule has 156 valence electrons. The zero-order chi connectivity index (χ0) is 21.4. The van der Waals surface area contributed by atoms with Crippen molar-refractivity contribution in [3.8, 4) is 0 Å². The molecule has 1 aliphatic heterocycles. The van der Waals surface area contributed by atoms with Crippen molar-refractivity contribution >= 4 is 29.1 Å². The van der Waals surface area contributed by atoms with Crippen molar-refractivity contribution in [1.29, 1.82) is 0 Å². The minimum atomic E-state index is -0.214. The number of imide groups is 1. The first-order valence-electron chi connectivity index (χ1n) is 11.0. The number of nitrogens with zero attached hydrogens (tertiary/aromatic N) is 1. The predicted octanol–water partition coefficient (Wildman–Crippen LogP) is 4.11. The molecule has 2 aromatic carbocycles. The molecule has 5 nitrogen and oxygen atoms in total. The number of benzene rings is 2. The molecule has 31 heavy (non-hydrogen) atoms. The molecule has 3 amide bonds. The van der Waals surface area contributed by atoms with Crippen LogP contribution in [0.1, 0.15) is 27.9 Å². The Morgan fingerprint density at radius 3 is 2.10 bits per heavy atom. The molecule has 0 spiro atoms.